The first-order chi connectivity index (χ1) is 32.3. The first-order valence-electron chi connectivity index (χ1n) is 24.4. The van der Waals surface area contributed by atoms with E-state index in [4.69, 9.17) is 4.74 Å². The van der Waals surface area contributed by atoms with E-state index in [1.54, 1.807) is 313 Å². The molecule has 0 N–H and O–H groups in total. The zero-order valence-electron chi connectivity index (χ0n) is 33.4. The van der Waals surface area contributed by atoms with Gasteiger partial charge in [-0.2, -0.15) is 0 Å². The monoisotopic (exact) mass is 790 g/mol. The maximum Gasteiger partial charge on any atom is 0.179 e. The van der Waals surface area contributed by atoms with E-state index in [-0.39, 0.29) is 0 Å². The number of benzene rings is 18. The molecule has 1 heteroatoms. The van der Waals surface area contributed by atoms with Gasteiger partial charge in [-0.1, -0.05) is 0 Å². The highest BCUT2D eigenvalue weighted by Gasteiger charge is 2.74. The van der Waals surface area contributed by atoms with Crippen LogP contribution in [0.1, 0.15) is 36.1 Å². The molecule has 0 saturated heterocycles. The Morgan fingerprint density at radius 3 is 0.492 bits per heavy atom. The minimum Gasteiger partial charge on any atom is -0.481 e. The topological polar surface area (TPSA) is 9.23 Å². The van der Waals surface area contributed by atoms with E-state index in [9.17, 15) is 0 Å². The molecule has 4 aliphatic carbocycles. The van der Waals surface area contributed by atoms with Crippen molar-refractivity contribution >= 4 is 291 Å². The first-order valence-corrected chi connectivity index (χ1v) is 24.4. The molecular formula is C64H6O. The fourth-order valence-corrected chi connectivity index (χ4v) is 24.6. The largest absolute Gasteiger partial charge is 0.481 e. The van der Waals surface area contributed by atoms with Crippen molar-refractivity contribution in [2.24, 2.45) is 0 Å². The van der Waals surface area contributed by atoms with Gasteiger partial charge in [-0.15, -0.1) is 0 Å². The van der Waals surface area contributed by atoms with Gasteiger partial charge in [0.1, 0.15) is 0 Å². The van der Waals surface area contributed by atoms with Crippen LogP contribution in [0.3, 0.4) is 0 Å². The van der Waals surface area contributed by atoms with E-state index in [0.717, 1.165) is 0 Å². The zero-order chi connectivity index (χ0) is 38.3. The van der Waals surface area contributed by atoms with E-state index < -0.39 is 11.0 Å². The summed E-state index contributed by atoms with van der Waals surface area (Å²) in [7, 11) is 0. The van der Waals surface area contributed by atoms with Crippen LogP contribution >= 0.6 is 0 Å². The van der Waals surface area contributed by atoms with Crippen LogP contribution in [0.15, 0.2) is 11.3 Å². The van der Waals surface area contributed by atoms with Gasteiger partial charge in [0.15, 0.2) is 5.60 Å². The highest BCUT2D eigenvalue weighted by atomic mass is 16.5. The van der Waals surface area contributed by atoms with Gasteiger partial charge in [0, 0.05) is 11.1 Å². The van der Waals surface area contributed by atoms with Crippen molar-refractivity contribution in [1.82, 2.24) is 0 Å². The Morgan fingerprint density at radius 1 is 0.185 bits per heavy atom. The van der Waals surface area contributed by atoms with Crippen molar-refractivity contribution in [2.75, 3.05) is 0 Å². The van der Waals surface area contributed by atoms with Gasteiger partial charge in [-0.25, -0.2) is 0 Å². The third-order valence-electron chi connectivity index (χ3n) is 24.6. The van der Waals surface area contributed by atoms with E-state index >= 15 is 0 Å². The zero-order valence-corrected chi connectivity index (χ0v) is 33.4. The van der Waals surface area contributed by atoms with Crippen LogP contribution < -0.4 is 0 Å². The Balaban J connectivity index is 1.29. The molecule has 65 heavy (non-hydrogen) atoms. The molecule has 1 aliphatic heterocycles. The predicted molar refractivity (Wildman–Crippen MR) is 273 cm³/mol. The third kappa shape index (κ3) is 1.13. The van der Waals surface area contributed by atoms with Gasteiger partial charge in [0.25, 0.3) is 0 Å². The van der Waals surface area contributed by atoms with Gasteiger partial charge in [0.05, 0.1) is 11.2 Å². The summed E-state index contributed by atoms with van der Waals surface area (Å²) in [4.78, 5) is 0. The second-order valence-electron chi connectivity index (χ2n) is 24.5. The minimum atomic E-state index is -0.632. The fraction of sp³-hybridized carbons (Fsp3) is 0.0625. The second kappa shape index (κ2) is 4.95. The summed E-state index contributed by atoms with van der Waals surface area (Å²) in [6.45, 7) is 4.93. The van der Waals surface area contributed by atoms with E-state index in [0.29, 0.717) is 0 Å². The van der Waals surface area contributed by atoms with Gasteiger partial charge in [-0.3, -0.25) is 0 Å². The average molecular weight is 791 g/mol. The summed E-state index contributed by atoms with van der Waals surface area (Å²) in [6, 6.07) is 0. The lowest BCUT2D eigenvalue weighted by Gasteiger charge is -2.49. The summed E-state index contributed by atoms with van der Waals surface area (Å²) in [5.41, 5.74) is 6.96. The van der Waals surface area contributed by atoms with Gasteiger partial charge >= 0.3 is 0 Å². The first kappa shape index (κ1) is 23.1. The van der Waals surface area contributed by atoms with Crippen molar-refractivity contribution < 1.29 is 4.74 Å². The molecule has 268 valence electrons. The maximum absolute atomic E-state index is 8.34. The molecule has 0 saturated carbocycles. The average Bonchev–Trinajstić information content (AvgIpc) is 4.15. The quantitative estimate of drug-likeness (QED) is 0.139. The molecule has 0 bridgehead atoms. The Kier molecular flexibility index (Phi) is 1.76. The highest BCUT2D eigenvalue weighted by molar-refractivity contribution is 6.82. The molecule has 28 aromatic carbocycles. The lowest BCUT2D eigenvalue weighted by Crippen LogP contribution is -2.50. The van der Waals surface area contributed by atoms with Crippen LogP contribution in [0.2, 0.25) is 0 Å². The molecule has 0 aromatic heterocycles. The number of rotatable bonds is 0. The molecular weight excluding hydrogens is 785 g/mol. The predicted octanol–water partition coefficient (Wildman–Crippen LogP) is 17.6. The second-order valence-corrected chi connectivity index (χ2v) is 24.5. The molecule has 0 fully saturated rings. The Bertz CT molecular complexity index is 6910. The van der Waals surface area contributed by atoms with E-state index in [2.05, 4.69) is 13.8 Å². The van der Waals surface area contributed by atoms with Crippen LogP contribution in [0.25, 0.3) is 291 Å². The summed E-state index contributed by atoms with van der Waals surface area (Å²) in [5, 5.41) is 88.6. The third-order valence-corrected chi connectivity index (χ3v) is 24.6. The lowest BCUT2D eigenvalue weighted by molar-refractivity contribution is 0.0309. The van der Waals surface area contributed by atoms with Crippen LogP contribution in [0.4, 0.5) is 0 Å². The fourth-order valence-electron chi connectivity index (χ4n) is 24.6. The van der Waals surface area contributed by atoms with Crippen molar-refractivity contribution in [3.8, 4) is 0 Å². The summed E-state index contributed by atoms with van der Waals surface area (Å²) in [6.07, 6.45) is 0. The molecule has 0 atom stereocenters. The normalized spacial score (nSPS) is 23.4. The van der Waals surface area contributed by atoms with Crippen molar-refractivity contribution in [1.29, 1.82) is 0 Å². The molecule has 0 unspecified atom stereocenters. The smallest absolute Gasteiger partial charge is 0.179 e. The summed E-state index contributed by atoms with van der Waals surface area (Å²) >= 11 is 0. The van der Waals surface area contributed by atoms with E-state index in [1.165, 1.54) is 11.3 Å². The van der Waals surface area contributed by atoms with Crippen LogP contribution in [-0.2, 0) is 15.8 Å². The van der Waals surface area contributed by atoms with Gasteiger partial charge in [0.2, 0.25) is 0 Å². The lowest BCUT2D eigenvalue weighted by atomic mass is 9.53. The SMILES string of the molecule is CC1=C(C)C23c4c5c6c7c8c9c(c%10c%11c2c2c4c4c%12c5c5c6c6c8c8c%13c9c9c%10c%10c%11c%11c2c2c4c4c%12c%12c5c5c6c8c6c8c%13c9c9c%10c%10c%11c2c2c4c4c%12c5c6c5c8c9c%10c2c45)C73O1. The molecule has 33 rings (SSSR count). The van der Waals surface area contributed by atoms with Crippen LogP contribution in [-0.4, -0.2) is 0 Å². The molecule has 0 radical (unpaired) electrons. The standard InChI is InChI=1S/C64H6O/c1-3-4(2)65-64-61-55-49-39-27-19-11-7-5-6-9-13(11)21(27)31-25-17(9)18-10(6)14-12-8(5)16-15(7)23-29(19)37-43-33(23)34-24(16)30-20(12)28-22(14)32-26(18)36-35(25)47(41(31)49)57(61)58-48(36)42(32)50-40(28)46-38(30)44(34)52-51(43)59(53(55)45(37)39)63(3,64)60(52)54(46)56(50)62(58)64/h1-2H3. The Labute approximate surface area is 352 Å². The number of hydrogen-bond acceptors (Lipinski definition) is 1. The molecule has 5 aliphatic rings. The number of hydrogen-bond donors (Lipinski definition) is 0. The molecule has 2 spiro atoms. The Hall–Kier alpha value is -8.00. The molecule has 1 heterocycles. The van der Waals surface area contributed by atoms with Crippen molar-refractivity contribution in [2.45, 2.75) is 24.9 Å². The van der Waals surface area contributed by atoms with Crippen LogP contribution in [0, 0.1) is 0 Å². The van der Waals surface area contributed by atoms with E-state index in [1.807, 2.05) is 0 Å². The minimum absolute atomic E-state index is 0.414. The summed E-state index contributed by atoms with van der Waals surface area (Å²) in [5.74, 6) is 1.18. The van der Waals surface area contributed by atoms with Crippen molar-refractivity contribution in [3.63, 3.8) is 0 Å². The van der Waals surface area contributed by atoms with Crippen molar-refractivity contribution in [3.05, 3.63) is 33.6 Å². The molecule has 1 nitrogen and oxygen atoms in total. The number of ether oxygens (including phenoxy) is 1. The summed E-state index contributed by atoms with van der Waals surface area (Å²) < 4.78 is 8.34. The Morgan fingerprint density at radius 2 is 0.323 bits per heavy atom. The van der Waals surface area contributed by atoms with Gasteiger partial charge < -0.3 is 4.74 Å². The number of allylic oxidation sites excluding steroid dienone is 1. The maximum atomic E-state index is 8.34. The molecule has 28 aromatic rings. The highest BCUT2D eigenvalue weighted by Crippen LogP contribution is 2.86. The molecule has 0 amide bonds. The van der Waals surface area contributed by atoms with Gasteiger partial charge in [-0.05, 0) is 321 Å². The van der Waals surface area contributed by atoms with Crippen LogP contribution in [0.5, 0.6) is 0 Å².